The molecular weight excluding hydrogens is 314 g/mol. The zero-order valence-corrected chi connectivity index (χ0v) is 15.3. The standard InChI is InChI=1S/C21H29NO3/c1-6-18(16(5)24)14(3)11-20(22)19-12-21(25)15(4)10-17(19)9-13(2)7-8-23/h6,10-13,23-25H,3,5,7-9,22H2,1-2,4H3/b18-6+,20-11-. The molecule has 0 aliphatic rings. The van der Waals surface area contributed by atoms with Gasteiger partial charge in [0.15, 0.2) is 0 Å². The van der Waals surface area contributed by atoms with Crippen molar-refractivity contribution in [1.29, 1.82) is 0 Å². The van der Waals surface area contributed by atoms with Crippen molar-refractivity contribution in [3.63, 3.8) is 0 Å². The number of rotatable bonds is 8. The van der Waals surface area contributed by atoms with Gasteiger partial charge in [-0.3, -0.25) is 0 Å². The third-order valence-electron chi connectivity index (χ3n) is 4.20. The highest BCUT2D eigenvalue weighted by atomic mass is 16.3. The third kappa shape index (κ3) is 5.54. The Hall–Kier alpha value is -2.46. The van der Waals surface area contributed by atoms with Gasteiger partial charge in [-0.05, 0) is 61.4 Å². The summed E-state index contributed by atoms with van der Waals surface area (Å²) in [5.41, 5.74) is 10.3. The maximum atomic E-state index is 10.1. The van der Waals surface area contributed by atoms with Crippen LogP contribution in [-0.2, 0) is 6.42 Å². The van der Waals surface area contributed by atoms with E-state index in [0.29, 0.717) is 23.3 Å². The molecule has 4 nitrogen and oxygen atoms in total. The number of hydrogen-bond acceptors (Lipinski definition) is 4. The van der Waals surface area contributed by atoms with Crippen LogP contribution >= 0.6 is 0 Å². The van der Waals surface area contributed by atoms with E-state index in [1.807, 2.05) is 13.0 Å². The average Bonchev–Trinajstić information content (AvgIpc) is 2.50. The van der Waals surface area contributed by atoms with Crippen molar-refractivity contribution in [2.75, 3.05) is 6.61 Å². The summed E-state index contributed by atoms with van der Waals surface area (Å²) >= 11 is 0. The molecule has 136 valence electrons. The van der Waals surface area contributed by atoms with Crippen molar-refractivity contribution in [2.45, 2.75) is 33.6 Å². The Balaban J connectivity index is 3.29. The van der Waals surface area contributed by atoms with Crippen LogP contribution in [0.15, 0.2) is 54.3 Å². The van der Waals surface area contributed by atoms with Crippen molar-refractivity contribution in [3.8, 4) is 5.75 Å². The summed E-state index contributed by atoms with van der Waals surface area (Å²) in [7, 11) is 0. The van der Waals surface area contributed by atoms with Crippen molar-refractivity contribution in [3.05, 3.63) is 71.0 Å². The number of aromatic hydroxyl groups is 1. The first-order valence-corrected chi connectivity index (χ1v) is 8.35. The van der Waals surface area contributed by atoms with Crippen molar-refractivity contribution in [1.82, 2.24) is 0 Å². The van der Waals surface area contributed by atoms with E-state index >= 15 is 0 Å². The summed E-state index contributed by atoms with van der Waals surface area (Å²) in [6.45, 7) is 13.3. The lowest BCUT2D eigenvalue weighted by molar-refractivity contribution is 0.262. The maximum Gasteiger partial charge on any atom is 0.119 e. The Kier molecular flexibility index (Phi) is 7.52. The van der Waals surface area contributed by atoms with Crippen LogP contribution in [0.25, 0.3) is 5.70 Å². The first-order chi connectivity index (χ1) is 11.7. The van der Waals surface area contributed by atoms with E-state index < -0.39 is 0 Å². The molecule has 0 aromatic heterocycles. The van der Waals surface area contributed by atoms with E-state index in [1.54, 1.807) is 25.1 Å². The van der Waals surface area contributed by atoms with Gasteiger partial charge in [-0.2, -0.15) is 0 Å². The molecule has 4 heteroatoms. The van der Waals surface area contributed by atoms with Gasteiger partial charge in [0, 0.05) is 23.4 Å². The number of aliphatic hydroxyl groups is 2. The van der Waals surface area contributed by atoms with E-state index in [9.17, 15) is 10.2 Å². The molecule has 0 saturated carbocycles. The number of aliphatic hydroxyl groups excluding tert-OH is 2. The molecular formula is C21H29NO3. The lowest BCUT2D eigenvalue weighted by Crippen LogP contribution is -2.08. The monoisotopic (exact) mass is 343 g/mol. The Morgan fingerprint density at radius 2 is 1.96 bits per heavy atom. The van der Waals surface area contributed by atoms with Crippen molar-refractivity contribution < 1.29 is 15.3 Å². The first kappa shape index (κ1) is 20.6. The molecule has 5 N–H and O–H groups in total. The summed E-state index contributed by atoms with van der Waals surface area (Å²) in [6, 6.07) is 3.57. The summed E-state index contributed by atoms with van der Waals surface area (Å²) in [4.78, 5) is 0. The largest absolute Gasteiger partial charge is 0.508 e. The van der Waals surface area contributed by atoms with E-state index in [0.717, 1.165) is 23.1 Å². The number of benzene rings is 1. The minimum Gasteiger partial charge on any atom is -0.508 e. The fourth-order valence-corrected chi connectivity index (χ4v) is 2.77. The Labute approximate surface area is 150 Å². The zero-order chi connectivity index (χ0) is 19.1. The summed E-state index contributed by atoms with van der Waals surface area (Å²) in [5.74, 6) is 0.389. The molecule has 0 heterocycles. The predicted octanol–water partition coefficient (Wildman–Crippen LogP) is 4.14. The van der Waals surface area contributed by atoms with Gasteiger partial charge in [0.1, 0.15) is 11.5 Å². The topological polar surface area (TPSA) is 86.7 Å². The third-order valence-corrected chi connectivity index (χ3v) is 4.20. The second-order valence-corrected chi connectivity index (χ2v) is 6.39. The van der Waals surface area contributed by atoms with Crippen LogP contribution in [0, 0.1) is 12.8 Å². The van der Waals surface area contributed by atoms with Gasteiger partial charge in [-0.25, -0.2) is 0 Å². The van der Waals surface area contributed by atoms with Crippen LogP contribution in [0.2, 0.25) is 0 Å². The minimum absolute atomic E-state index is 0.0694. The molecule has 0 saturated heterocycles. The molecule has 0 radical (unpaired) electrons. The van der Waals surface area contributed by atoms with Crippen LogP contribution in [0.4, 0.5) is 0 Å². The lowest BCUT2D eigenvalue weighted by Gasteiger charge is -2.17. The number of nitrogens with two attached hydrogens (primary N) is 1. The van der Waals surface area contributed by atoms with Gasteiger partial charge >= 0.3 is 0 Å². The number of phenolic OH excluding ortho intramolecular Hbond substituents is 1. The van der Waals surface area contributed by atoms with E-state index in [2.05, 4.69) is 20.1 Å². The fraction of sp³-hybridized carbons (Fsp3) is 0.333. The Morgan fingerprint density at radius 1 is 1.32 bits per heavy atom. The highest BCUT2D eigenvalue weighted by molar-refractivity contribution is 5.72. The SMILES string of the molecule is C=C(O)/C(=C/C)C(=C)/C=C(\N)c1cc(O)c(C)cc1CC(C)CCO. The first-order valence-electron chi connectivity index (χ1n) is 8.35. The molecule has 0 bridgehead atoms. The second kappa shape index (κ2) is 9.14. The fourth-order valence-electron chi connectivity index (χ4n) is 2.77. The zero-order valence-electron chi connectivity index (χ0n) is 15.3. The van der Waals surface area contributed by atoms with Crippen LogP contribution in [0.5, 0.6) is 5.75 Å². The number of allylic oxidation sites excluding steroid dienone is 3. The number of aryl methyl sites for hydroxylation is 1. The second-order valence-electron chi connectivity index (χ2n) is 6.39. The van der Waals surface area contributed by atoms with Crippen LogP contribution in [0.3, 0.4) is 0 Å². The molecule has 25 heavy (non-hydrogen) atoms. The van der Waals surface area contributed by atoms with Crippen LogP contribution in [-0.4, -0.2) is 21.9 Å². The molecule has 1 aromatic carbocycles. The quantitative estimate of drug-likeness (QED) is 0.422. The van der Waals surface area contributed by atoms with Crippen molar-refractivity contribution in [2.24, 2.45) is 11.7 Å². The smallest absolute Gasteiger partial charge is 0.119 e. The molecule has 1 atom stereocenters. The van der Waals surface area contributed by atoms with Gasteiger partial charge in [0.05, 0.1) is 0 Å². The molecule has 0 aliphatic carbocycles. The van der Waals surface area contributed by atoms with Crippen LogP contribution in [0.1, 0.15) is 37.0 Å². The van der Waals surface area contributed by atoms with Crippen LogP contribution < -0.4 is 5.73 Å². The molecule has 0 aliphatic heterocycles. The minimum atomic E-state index is -0.0694. The molecule has 0 amide bonds. The van der Waals surface area contributed by atoms with Crippen molar-refractivity contribution >= 4 is 5.70 Å². The van der Waals surface area contributed by atoms with Gasteiger partial charge in [0.25, 0.3) is 0 Å². The number of hydrogen-bond donors (Lipinski definition) is 4. The molecule has 1 rings (SSSR count). The summed E-state index contributed by atoms with van der Waals surface area (Å²) < 4.78 is 0. The Bertz CT molecular complexity index is 714. The predicted molar refractivity (Wildman–Crippen MR) is 104 cm³/mol. The van der Waals surface area contributed by atoms with Gasteiger partial charge in [0.2, 0.25) is 0 Å². The lowest BCUT2D eigenvalue weighted by atomic mass is 9.91. The van der Waals surface area contributed by atoms with E-state index in [-0.39, 0.29) is 24.0 Å². The molecule has 1 aromatic rings. The highest BCUT2D eigenvalue weighted by Crippen LogP contribution is 2.29. The summed E-state index contributed by atoms with van der Waals surface area (Å²) in [6.07, 6.45) is 4.82. The normalized spacial score (nSPS) is 13.6. The summed E-state index contributed by atoms with van der Waals surface area (Å²) in [5, 5.41) is 28.8. The number of phenols is 1. The highest BCUT2D eigenvalue weighted by Gasteiger charge is 2.13. The Morgan fingerprint density at radius 3 is 2.48 bits per heavy atom. The molecule has 0 spiro atoms. The van der Waals surface area contributed by atoms with E-state index in [1.165, 1.54) is 0 Å². The van der Waals surface area contributed by atoms with E-state index in [4.69, 9.17) is 10.8 Å². The maximum absolute atomic E-state index is 10.1. The average molecular weight is 343 g/mol. The van der Waals surface area contributed by atoms with Gasteiger partial charge < -0.3 is 21.1 Å². The molecule has 0 fully saturated rings. The van der Waals surface area contributed by atoms with Gasteiger partial charge in [-0.1, -0.05) is 32.2 Å². The molecule has 1 unspecified atom stereocenters. The van der Waals surface area contributed by atoms with Gasteiger partial charge in [-0.15, -0.1) is 0 Å².